The molecule has 0 aliphatic heterocycles. The molecule has 3 heteroatoms. The minimum Gasteiger partial charge on any atom is -0.396 e. The summed E-state index contributed by atoms with van der Waals surface area (Å²) < 4.78 is 0. The van der Waals surface area contributed by atoms with Crippen molar-refractivity contribution in [3.8, 4) is 0 Å². The first kappa shape index (κ1) is 28.3. The fourth-order valence-corrected chi connectivity index (χ4v) is 2.07. The minimum absolute atomic E-state index is 0.344. The summed E-state index contributed by atoms with van der Waals surface area (Å²) in [6, 6.07) is 6.30. The highest BCUT2D eigenvalue weighted by Crippen LogP contribution is 2.28. The van der Waals surface area contributed by atoms with Crippen molar-refractivity contribution in [1.29, 1.82) is 0 Å². The molecule has 0 amide bonds. The van der Waals surface area contributed by atoms with Crippen molar-refractivity contribution >= 4 is 17.5 Å². The minimum atomic E-state index is 0.344. The molecule has 0 aromatic heterocycles. The molecule has 0 heterocycles. The van der Waals surface area contributed by atoms with Gasteiger partial charge in [-0.15, -0.1) is 0 Å². The van der Waals surface area contributed by atoms with Crippen LogP contribution in [0.5, 0.6) is 0 Å². The normalized spacial score (nSPS) is 12.7. The zero-order valence-corrected chi connectivity index (χ0v) is 19.6. The smallest absolute Gasteiger partial charge is 0.0430 e. The Balaban J connectivity index is 0. The van der Waals surface area contributed by atoms with Crippen LogP contribution in [0.3, 0.4) is 0 Å². The van der Waals surface area contributed by atoms with Crippen molar-refractivity contribution in [3.05, 3.63) is 47.6 Å². The molecule has 28 heavy (non-hydrogen) atoms. The number of aliphatic hydroxyl groups excluding tert-OH is 1. The van der Waals surface area contributed by atoms with Crippen molar-refractivity contribution in [2.75, 3.05) is 26.0 Å². The molecule has 0 atom stereocenters. The van der Waals surface area contributed by atoms with Crippen molar-refractivity contribution in [1.82, 2.24) is 0 Å². The van der Waals surface area contributed by atoms with Gasteiger partial charge in [-0.05, 0) is 49.5 Å². The molecule has 1 fully saturated rings. The second kappa shape index (κ2) is 18.5. The molecule has 1 saturated carbocycles. The first-order chi connectivity index (χ1) is 13.4. The molecule has 160 valence electrons. The number of aryl methyl sites for hydroxylation is 1. The molecule has 1 aliphatic carbocycles. The Kier molecular flexibility index (Phi) is 18.7. The zero-order chi connectivity index (χ0) is 21.9. The molecule has 0 saturated heterocycles. The summed E-state index contributed by atoms with van der Waals surface area (Å²) in [5, 5.41) is 11.3. The summed E-state index contributed by atoms with van der Waals surface area (Å²) in [5.74, 6) is 1.08. The largest absolute Gasteiger partial charge is 0.396 e. The van der Waals surface area contributed by atoms with E-state index < -0.39 is 0 Å². The number of benzene rings is 1. The van der Waals surface area contributed by atoms with E-state index in [0.29, 0.717) is 6.61 Å². The van der Waals surface area contributed by atoms with Crippen LogP contribution in [-0.4, -0.2) is 32.0 Å². The SMILES string of the molecule is C=C(/C(C=NC)=C/C)c1cc(C)ccc1NC.CC.CC1CC1.CCCCO. The van der Waals surface area contributed by atoms with Gasteiger partial charge in [0.05, 0.1) is 0 Å². The molecule has 1 aromatic carbocycles. The summed E-state index contributed by atoms with van der Waals surface area (Å²) in [6.45, 7) is 16.9. The molecule has 0 unspecified atom stereocenters. The molecule has 3 nitrogen and oxygen atoms in total. The number of hydrogen-bond acceptors (Lipinski definition) is 3. The van der Waals surface area contributed by atoms with E-state index in [0.717, 1.165) is 41.2 Å². The van der Waals surface area contributed by atoms with Gasteiger partial charge in [-0.25, -0.2) is 0 Å². The fraction of sp³-hybridized carbons (Fsp3) is 0.560. The standard InChI is InChI=1S/C15H20N2.C4H10O.C4H8.C2H6/c1-6-13(10-16-4)12(3)14-9-11(2)7-8-15(14)17-5;1-2-3-4-5;1-4-2-3-4;1-2/h6-10,17H,3H2,1-2,4-5H3;5H,2-4H2,1H3;4H,2-3H2,1H3;1-2H3/b13-6+,16-10?;;;. The number of rotatable bonds is 6. The summed E-state index contributed by atoms with van der Waals surface area (Å²) in [6.07, 6.45) is 8.87. The van der Waals surface area contributed by atoms with Crippen molar-refractivity contribution in [2.45, 2.75) is 67.2 Å². The Bertz CT molecular complexity index is 582. The van der Waals surface area contributed by atoms with E-state index in [1.165, 1.54) is 18.4 Å². The van der Waals surface area contributed by atoms with Gasteiger partial charge < -0.3 is 10.4 Å². The Morgan fingerprint density at radius 2 is 1.89 bits per heavy atom. The van der Waals surface area contributed by atoms with E-state index in [9.17, 15) is 0 Å². The molecule has 0 bridgehead atoms. The molecule has 2 rings (SSSR count). The number of unbranched alkanes of at least 4 members (excludes halogenated alkanes) is 1. The number of hydrogen-bond donors (Lipinski definition) is 2. The van der Waals surface area contributed by atoms with Gasteiger partial charge in [0.25, 0.3) is 0 Å². The highest BCUT2D eigenvalue weighted by atomic mass is 16.2. The van der Waals surface area contributed by atoms with Crippen molar-refractivity contribution in [2.24, 2.45) is 10.9 Å². The summed E-state index contributed by atoms with van der Waals surface area (Å²) in [5.41, 5.74) is 5.48. The Morgan fingerprint density at radius 1 is 1.32 bits per heavy atom. The summed E-state index contributed by atoms with van der Waals surface area (Å²) in [4.78, 5) is 4.06. The number of aliphatic hydroxyl groups is 1. The first-order valence-corrected chi connectivity index (χ1v) is 10.6. The number of allylic oxidation sites excluding steroid dienone is 3. The van der Waals surface area contributed by atoms with Crippen LogP contribution in [0.1, 0.15) is 71.4 Å². The molecule has 0 radical (unpaired) electrons. The average molecular weight is 389 g/mol. The molecular weight excluding hydrogens is 344 g/mol. The first-order valence-electron chi connectivity index (χ1n) is 10.6. The topological polar surface area (TPSA) is 44.6 Å². The monoisotopic (exact) mass is 388 g/mol. The maximum Gasteiger partial charge on any atom is 0.0430 e. The third kappa shape index (κ3) is 13.3. The van der Waals surface area contributed by atoms with Crippen LogP contribution in [0, 0.1) is 12.8 Å². The summed E-state index contributed by atoms with van der Waals surface area (Å²) in [7, 11) is 3.69. The zero-order valence-electron chi connectivity index (χ0n) is 19.6. The van der Waals surface area contributed by atoms with Crippen LogP contribution in [0.25, 0.3) is 5.57 Å². The predicted octanol–water partition coefficient (Wildman–Crippen LogP) is 6.92. The second-order valence-corrected chi connectivity index (χ2v) is 6.67. The highest BCUT2D eigenvalue weighted by Gasteiger charge is 2.12. The Hall–Kier alpha value is -1.87. The lowest BCUT2D eigenvalue weighted by Gasteiger charge is -2.13. The lowest BCUT2D eigenvalue weighted by molar-refractivity contribution is 0.287. The third-order valence-corrected chi connectivity index (χ3v) is 4.07. The van der Waals surface area contributed by atoms with Crippen LogP contribution in [0.4, 0.5) is 5.69 Å². The highest BCUT2D eigenvalue weighted by molar-refractivity contribution is 6.02. The van der Waals surface area contributed by atoms with Crippen LogP contribution >= 0.6 is 0 Å². The van der Waals surface area contributed by atoms with Gasteiger partial charge in [0.15, 0.2) is 0 Å². The lowest BCUT2D eigenvalue weighted by Crippen LogP contribution is -1.98. The van der Waals surface area contributed by atoms with Gasteiger partial charge in [0, 0.05) is 38.2 Å². The van der Waals surface area contributed by atoms with Crippen molar-refractivity contribution < 1.29 is 5.11 Å². The van der Waals surface area contributed by atoms with E-state index in [2.05, 4.69) is 55.9 Å². The molecule has 2 N–H and O–H groups in total. The van der Waals surface area contributed by atoms with E-state index in [4.69, 9.17) is 5.11 Å². The number of nitrogens with one attached hydrogen (secondary N) is 1. The van der Waals surface area contributed by atoms with Crippen LogP contribution in [0.2, 0.25) is 0 Å². The Morgan fingerprint density at radius 3 is 2.21 bits per heavy atom. The third-order valence-electron chi connectivity index (χ3n) is 4.07. The van der Waals surface area contributed by atoms with E-state index in [1.807, 2.05) is 40.1 Å². The maximum atomic E-state index is 8.07. The van der Waals surface area contributed by atoms with Gasteiger partial charge in [0.1, 0.15) is 0 Å². The lowest BCUT2D eigenvalue weighted by atomic mass is 9.96. The number of nitrogens with zero attached hydrogens (tertiary/aromatic N) is 1. The second-order valence-electron chi connectivity index (χ2n) is 6.67. The van der Waals surface area contributed by atoms with E-state index in [1.54, 1.807) is 7.05 Å². The summed E-state index contributed by atoms with van der Waals surface area (Å²) >= 11 is 0. The average Bonchev–Trinajstić information content (AvgIpc) is 3.50. The van der Waals surface area contributed by atoms with Crippen molar-refractivity contribution in [3.63, 3.8) is 0 Å². The number of aliphatic imine (C=N–C) groups is 1. The van der Waals surface area contributed by atoms with Gasteiger partial charge in [-0.2, -0.15) is 0 Å². The van der Waals surface area contributed by atoms with Gasteiger partial charge in [0.2, 0.25) is 0 Å². The van der Waals surface area contributed by atoms with Crippen LogP contribution in [-0.2, 0) is 0 Å². The molecular formula is C25H44N2O. The molecule has 0 spiro atoms. The van der Waals surface area contributed by atoms with E-state index >= 15 is 0 Å². The van der Waals surface area contributed by atoms with E-state index in [-0.39, 0.29) is 0 Å². The van der Waals surface area contributed by atoms with Crippen LogP contribution < -0.4 is 5.32 Å². The Labute approximate surface area is 174 Å². The van der Waals surface area contributed by atoms with Gasteiger partial charge >= 0.3 is 0 Å². The van der Waals surface area contributed by atoms with Gasteiger partial charge in [-0.1, -0.05) is 71.2 Å². The fourth-order valence-electron chi connectivity index (χ4n) is 2.07. The maximum absolute atomic E-state index is 8.07. The van der Waals surface area contributed by atoms with Crippen LogP contribution in [0.15, 0.2) is 41.4 Å². The number of anilines is 1. The molecule has 1 aromatic rings. The molecule has 1 aliphatic rings. The predicted molar refractivity (Wildman–Crippen MR) is 130 cm³/mol. The van der Waals surface area contributed by atoms with Gasteiger partial charge in [-0.3, -0.25) is 4.99 Å². The quantitative estimate of drug-likeness (QED) is 0.410.